The zero-order valence-electron chi connectivity index (χ0n) is 12.1. The van der Waals surface area contributed by atoms with Crippen molar-refractivity contribution in [1.82, 2.24) is 5.06 Å². The molecule has 7 heteroatoms. The lowest BCUT2D eigenvalue weighted by molar-refractivity contribution is -0.384. The molecule has 7 nitrogen and oxygen atoms in total. The molecule has 2 aromatic carbocycles. The number of fused-ring (bicyclic) bond motifs is 1. The first-order chi connectivity index (χ1) is 11.0. The Labute approximate surface area is 132 Å². The lowest BCUT2D eigenvalue weighted by Crippen LogP contribution is -2.37. The lowest BCUT2D eigenvalue weighted by atomic mass is 9.91. The van der Waals surface area contributed by atoms with E-state index in [4.69, 9.17) is 5.73 Å². The fraction of sp³-hybridized carbons (Fsp3) is 0.188. The molecule has 3 rings (SSSR count). The maximum Gasteiger partial charge on any atom is 0.339 e. The summed E-state index contributed by atoms with van der Waals surface area (Å²) in [6, 6.07) is 12.0. The average Bonchev–Trinajstić information content (AvgIpc) is 2.93. The van der Waals surface area contributed by atoms with Crippen LogP contribution in [0, 0.1) is 10.1 Å². The molecule has 2 aromatic rings. The predicted octanol–water partition coefficient (Wildman–Crippen LogP) is 2.75. The highest BCUT2D eigenvalue weighted by Crippen LogP contribution is 2.45. The summed E-state index contributed by atoms with van der Waals surface area (Å²) in [5.41, 5.74) is 7.65. The molecule has 2 unspecified atom stereocenters. The minimum Gasteiger partial charge on any atom is -0.350 e. The molecule has 23 heavy (non-hydrogen) atoms. The number of nitro benzene ring substituents is 1. The van der Waals surface area contributed by atoms with Crippen molar-refractivity contribution in [1.29, 1.82) is 0 Å². The van der Waals surface area contributed by atoms with E-state index in [1.54, 1.807) is 12.1 Å². The van der Waals surface area contributed by atoms with Gasteiger partial charge in [-0.25, -0.2) is 4.79 Å². The number of nitrogens with two attached hydrogens (primary N) is 1. The fourth-order valence-corrected chi connectivity index (χ4v) is 3.18. The Kier molecular flexibility index (Phi) is 3.71. The number of carbonyl (C=O) groups is 1. The second-order valence-electron chi connectivity index (χ2n) is 5.49. The van der Waals surface area contributed by atoms with E-state index in [9.17, 15) is 20.1 Å². The van der Waals surface area contributed by atoms with Crippen LogP contribution in [-0.2, 0) is 6.42 Å². The van der Waals surface area contributed by atoms with E-state index in [-0.39, 0.29) is 11.6 Å². The molecule has 1 aliphatic rings. The van der Waals surface area contributed by atoms with E-state index >= 15 is 0 Å². The highest BCUT2D eigenvalue weighted by atomic mass is 16.6. The minimum atomic E-state index is -0.956. The maximum atomic E-state index is 11.4. The van der Waals surface area contributed by atoms with Gasteiger partial charge in [-0.15, -0.1) is 0 Å². The number of rotatable bonds is 3. The summed E-state index contributed by atoms with van der Waals surface area (Å²) < 4.78 is 0. The molecular weight excluding hydrogens is 298 g/mol. The smallest absolute Gasteiger partial charge is 0.339 e. The van der Waals surface area contributed by atoms with Crippen molar-refractivity contribution >= 4 is 11.7 Å². The molecule has 0 aromatic heterocycles. The third-order valence-corrected chi connectivity index (χ3v) is 4.19. The molecule has 0 saturated carbocycles. The van der Waals surface area contributed by atoms with Crippen molar-refractivity contribution in [3.8, 4) is 0 Å². The number of non-ortho nitro benzene ring substituents is 1. The maximum absolute atomic E-state index is 11.4. The van der Waals surface area contributed by atoms with Crippen LogP contribution in [-0.4, -0.2) is 21.2 Å². The Bertz CT molecular complexity index is 777. The van der Waals surface area contributed by atoms with Gasteiger partial charge in [-0.05, 0) is 23.1 Å². The van der Waals surface area contributed by atoms with E-state index in [2.05, 4.69) is 0 Å². The van der Waals surface area contributed by atoms with Gasteiger partial charge in [0.1, 0.15) is 0 Å². The molecule has 1 aliphatic carbocycles. The zero-order valence-corrected chi connectivity index (χ0v) is 12.1. The molecule has 0 aliphatic heterocycles. The zero-order chi connectivity index (χ0) is 16.6. The van der Waals surface area contributed by atoms with Gasteiger partial charge < -0.3 is 5.73 Å². The van der Waals surface area contributed by atoms with Gasteiger partial charge in [0.2, 0.25) is 0 Å². The number of urea groups is 1. The molecule has 118 valence electrons. The minimum absolute atomic E-state index is 0.0271. The monoisotopic (exact) mass is 313 g/mol. The lowest BCUT2D eigenvalue weighted by Gasteiger charge is -2.27. The van der Waals surface area contributed by atoms with Crippen molar-refractivity contribution in [2.45, 2.75) is 18.4 Å². The summed E-state index contributed by atoms with van der Waals surface area (Å²) in [6.45, 7) is 0. The van der Waals surface area contributed by atoms with E-state index in [1.807, 2.05) is 24.3 Å². The van der Waals surface area contributed by atoms with Crippen molar-refractivity contribution < 1.29 is 14.9 Å². The number of primary amides is 1. The van der Waals surface area contributed by atoms with Gasteiger partial charge >= 0.3 is 6.03 Å². The van der Waals surface area contributed by atoms with Crippen molar-refractivity contribution in [3.05, 3.63) is 75.3 Å². The number of benzene rings is 2. The van der Waals surface area contributed by atoms with E-state index in [0.717, 1.165) is 11.1 Å². The quantitative estimate of drug-likeness (QED) is 0.515. The number of hydroxylamine groups is 2. The fourth-order valence-electron chi connectivity index (χ4n) is 3.18. The highest BCUT2D eigenvalue weighted by Gasteiger charge is 2.39. The van der Waals surface area contributed by atoms with Gasteiger partial charge in [-0.3, -0.25) is 15.3 Å². The molecule has 3 N–H and O–H groups in total. The highest BCUT2D eigenvalue weighted by molar-refractivity contribution is 5.71. The summed E-state index contributed by atoms with van der Waals surface area (Å²) in [4.78, 5) is 22.0. The van der Waals surface area contributed by atoms with Crippen LogP contribution in [0.4, 0.5) is 10.5 Å². The number of nitrogens with zero attached hydrogens (tertiary/aromatic N) is 2. The van der Waals surface area contributed by atoms with Crippen molar-refractivity contribution in [2.24, 2.45) is 5.73 Å². The van der Waals surface area contributed by atoms with Crippen LogP contribution in [0.3, 0.4) is 0 Å². The molecular formula is C16H15N3O4. The standard InChI is InChI=1S/C16H15N3O4/c17-16(20)18(21)15-13-7-2-1-4-11(13)9-14(15)10-5-3-6-12(8-10)19(22)23/h1-8,14-15,21H,9H2,(H2,17,20). The molecule has 2 amide bonds. The van der Waals surface area contributed by atoms with Gasteiger partial charge in [0.15, 0.2) is 0 Å². The van der Waals surface area contributed by atoms with Crippen LogP contribution in [0.5, 0.6) is 0 Å². The summed E-state index contributed by atoms with van der Waals surface area (Å²) in [6.07, 6.45) is 0.562. The van der Waals surface area contributed by atoms with Gasteiger partial charge in [0.05, 0.1) is 11.0 Å². The number of hydrogen-bond acceptors (Lipinski definition) is 4. The largest absolute Gasteiger partial charge is 0.350 e. The van der Waals surface area contributed by atoms with Crippen molar-refractivity contribution in [2.75, 3.05) is 0 Å². The molecule has 0 heterocycles. The summed E-state index contributed by atoms with van der Waals surface area (Å²) in [5.74, 6) is -0.301. The topological polar surface area (TPSA) is 110 Å². The van der Waals surface area contributed by atoms with Crippen LogP contribution in [0.25, 0.3) is 0 Å². The Morgan fingerprint density at radius 3 is 2.70 bits per heavy atom. The Morgan fingerprint density at radius 2 is 2.00 bits per heavy atom. The number of nitro groups is 1. The first-order valence-corrected chi connectivity index (χ1v) is 7.08. The SMILES string of the molecule is NC(=O)N(O)C1c2ccccc2CC1c1cccc([N+](=O)[O-])c1. The van der Waals surface area contributed by atoms with Crippen LogP contribution >= 0.6 is 0 Å². The van der Waals surface area contributed by atoms with Gasteiger partial charge in [-0.2, -0.15) is 5.06 Å². The first-order valence-electron chi connectivity index (χ1n) is 7.08. The number of amides is 2. The summed E-state index contributed by atoms with van der Waals surface area (Å²) >= 11 is 0. The number of hydrogen-bond donors (Lipinski definition) is 2. The second-order valence-corrected chi connectivity index (χ2v) is 5.49. The van der Waals surface area contributed by atoms with Crippen molar-refractivity contribution in [3.63, 3.8) is 0 Å². The molecule has 2 atom stereocenters. The molecule has 0 saturated heterocycles. The first kappa shape index (κ1) is 15.0. The molecule has 0 bridgehead atoms. The Balaban J connectivity index is 2.06. The van der Waals surface area contributed by atoms with Crippen LogP contribution in [0.2, 0.25) is 0 Å². The predicted molar refractivity (Wildman–Crippen MR) is 81.9 cm³/mol. The second kappa shape index (κ2) is 5.69. The van der Waals surface area contributed by atoms with Crippen LogP contribution in [0.15, 0.2) is 48.5 Å². The van der Waals surface area contributed by atoms with E-state index in [0.29, 0.717) is 17.0 Å². The van der Waals surface area contributed by atoms with Gasteiger partial charge in [0.25, 0.3) is 5.69 Å². The molecule has 0 radical (unpaired) electrons. The van der Waals surface area contributed by atoms with Gasteiger partial charge in [-0.1, -0.05) is 36.4 Å². The summed E-state index contributed by atoms with van der Waals surface area (Å²) in [5, 5.41) is 21.6. The Morgan fingerprint density at radius 1 is 1.26 bits per heavy atom. The molecule has 0 fully saturated rings. The van der Waals surface area contributed by atoms with Crippen LogP contribution in [0.1, 0.15) is 28.7 Å². The summed E-state index contributed by atoms with van der Waals surface area (Å²) in [7, 11) is 0. The van der Waals surface area contributed by atoms with E-state index < -0.39 is 17.0 Å². The Hall–Kier alpha value is -2.93. The number of carbonyl (C=O) groups excluding carboxylic acids is 1. The van der Waals surface area contributed by atoms with Crippen LogP contribution < -0.4 is 5.73 Å². The van der Waals surface area contributed by atoms with Gasteiger partial charge in [0, 0.05) is 18.1 Å². The third kappa shape index (κ3) is 2.62. The molecule has 0 spiro atoms. The third-order valence-electron chi connectivity index (χ3n) is 4.19. The average molecular weight is 313 g/mol. The normalized spacial score (nSPS) is 19.2. The van der Waals surface area contributed by atoms with E-state index in [1.165, 1.54) is 12.1 Å².